The van der Waals surface area contributed by atoms with Gasteiger partial charge in [-0.25, -0.2) is 4.39 Å². The number of amides is 2. The van der Waals surface area contributed by atoms with Crippen LogP contribution < -0.4 is 11.1 Å². The molecule has 0 aromatic heterocycles. The lowest BCUT2D eigenvalue weighted by Crippen LogP contribution is -2.16. The van der Waals surface area contributed by atoms with Crippen molar-refractivity contribution < 1.29 is 14.0 Å². The number of hydrogen-bond acceptors (Lipinski definition) is 3. The fourth-order valence-corrected chi connectivity index (χ4v) is 1.45. The third kappa shape index (κ3) is 3.23. The molecule has 4 nitrogen and oxygen atoms in total. The summed E-state index contributed by atoms with van der Waals surface area (Å²) < 4.78 is 13.1. The van der Waals surface area contributed by atoms with Crippen molar-refractivity contribution in [2.45, 2.75) is 0 Å². The summed E-state index contributed by atoms with van der Waals surface area (Å²) >= 11 is 1.36. The average Bonchev–Trinajstić information content (AvgIpc) is 2.21. The van der Waals surface area contributed by atoms with Crippen molar-refractivity contribution in [3.05, 3.63) is 29.6 Å². The number of hydrogen-bond donors (Lipinski definition) is 2. The van der Waals surface area contributed by atoms with E-state index in [0.29, 0.717) is 11.4 Å². The number of halogens is 1. The molecule has 0 bridgehead atoms. The molecule has 0 heterocycles. The third-order valence-corrected chi connectivity index (χ3v) is 2.34. The van der Waals surface area contributed by atoms with Gasteiger partial charge in [0.2, 0.25) is 5.91 Å². The van der Waals surface area contributed by atoms with Crippen LogP contribution in [0.1, 0.15) is 10.4 Å². The van der Waals surface area contributed by atoms with Crippen molar-refractivity contribution in [3.8, 4) is 0 Å². The maximum absolute atomic E-state index is 13.1. The second kappa shape index (κ2) is 5.50. The quantitative estimate of drug-likeness (QED) is 0.834. The Labute approximate surface area is 96.4 Å². The topological polar surface area (TPSA) is 72.2 Å². The highest BCUT2D eigenvalue weighted by Crippen LogP contribution is 2.14. The van der Waals surface area contributed by atoms with E-state index in [0.717, 1.165) is 6.07 Å². The minimum absolute atomic E-state index is 0.213. The number of primary amides is 1. The number of nitrogens with two attached hydrogens (primary N) is 1. The van der Waals surface area contributed by atoms with Crippen LogP contribution >= 0.6 is 11.8 Å². The van der Waals surface area contributed by atoms with Gasteiger partial charge in [0.1, 0.15) is 5.82 Å². The summed E-state index contributed by atoms with van der Waals surface area (Å²) in [6.07, 6.45) is 1.79. The number of nitrogens with one attached hydrogen (secondary N) is 1. The fraction of sp³-hybridized carbons (Fsp3) is 0.200. The molecule has 0 saturated heterocycles. The van der Waals surface area contributed by atoms with Crippen LogP contribution in [0.4, 0.5) is 10.1 Å². The van der Waals surface area contributed by atoms with Crippen LogP contribution in [0.3, 0.4) is 0 Å². The van der Waals surface area contributed by atoms with Gasteiger partial charge in [0.25, 0.3) is 5.91 Å². The van der Waals surface area contributed by atoms with Crippen LogP contribution in [0.25, 0.3) is 0 Å². The minimum atomic E-state index is -0.863. The standard InChI is InChI=1S/C10H11FN2O2S/c1-16-5-9(14)13-6-2-3-8(11)7(4-6)10(12)15/h2-4H,5H2,1H3,(H2,12,15)(H,13,14). The Morgan fingerprint density at radius 1 is 1.50 bits per heavy atom. The number of benzene rings is 1. The van der Waals surface area contributed by atoms with Gasteiger partial charge in [0.05, 0.1) is 11.3 Å². The van der Waals surface area contributed by atoms with Crippen LogP contribution in [0.15, 0.2) is 18.2 Å². The van der Waals surface area contributed by atoms with E-state index in [1.165, 1.54) is 23.9 Å². The molecule has 6 heteroatoms. The fourth-order valence-electron chi connectivity index (χ4n) is 1.12. The average molecular weight is 242 g/mol. The van der Waals surface area contributed by atoms with E-state index in [9.17, 15) is 14.0 Å². The van der Waals surface area contributed by atoms with Gasteiger partial charge in [-0.05, 0) is 24.5 Å². The van der Waals surface area contributed by atoms with Crippen molar-refractivity contribution in [2.75, 3.05) is 17.3 Å². The molecule has 1 aromatic rings. The molecule has 1 aromatic carbocycles. The molecule has 0 aliphatic carbocycles. The Morgan fingerprint density at radius 2 is 2.19 bits per heavy atom. The number of rotatable bonds is 4. The molecular weight excluding hydrogens is 231 g/mol. The first-order valence-electron chi connectivity index (χ1n) is 4.42. The van der Waals surface area contributed by atoms with Crippen molar-refractivity contribution in [3.63, 3.8) is 0 Å². The summed E-state index contributed by atoms with van der Waals surface area (Å²) in [6, 6.07) is 3.69. The van der Waals surface area contributed by atoms with Crippen molar-refractivity contribution >= 4 is 29.3 Å². The van der Waals surface area contributed by atoms with E-state index in [2.05, 4.69) is 5.32 Å². The van der Waals surface area contributed by atoms with Crippen LogP contribution in [0.5, 0.6) is 0 Å². The summed E-state index contributed by atoms with van der Waals surface area (Å²) in [6.45, 7) is 0. The van der Waals surface area contributed by atoms with E-state index in [4.69, 9.17) is 5.73 Å². The van der Waals surface area contributed by atoms with E-state index >= 15 is 0 Å². The Morgan fingerprint density at radius 3 is 2.75 bits per heavy atom. The molecule has 3 N–H and O–H groups in total. The second-order valence-corrected chi connectivity index (χ2v) is 3.91. The normalized spacial score (nSPS) is 9.88. The van der Waals surface area contributed by atoms with Gasteiger partial charge in [-0.1, -0.05) is 0 Å². The molecule has 0 aliphatic rings. The van der Waals surface area contributed by atoms with Gasteiger partial charge in [-0.15, -0.1) is 0 Å². The molecule has 0 aliphatic heterocycles. The highest BCUT2D eigenvalue weighted by molar-refractivity contribution is 7.99. The summed E-state index contributed by atoms with van der Waals surface area (Å²) in [5.74, 6) is -1.48. The molecule has 0 radical (unpaired) electrons. The first-order valence-corrected chi connectivity index (χ1v) is 5.82. The third-order valence-electron chi connectivity index (χ3n) is 1.79. The van der Waals surface area contributed by atoms with Gasteiger partial charge in [-0.3, -0.25) is 9.59 Å². The maximum atomic E-state index is 13.1. The van der Waals surface area contributed by atoms with E-state index < -0.39 is 11.7 Å². The molecule has 0 spiro atoms. The number of thioether (sulfide) groups is 1. The van der Waals surface area contributed by atoms with Crippen molar-refractivity contribution in [1.29, 1.82) is 0 Å². The molecule has 1 rings (SSSR count). The van der Waals surface area contributed by atoms with Crippen LogP contribution in [-0.4, -0.2) is 23.8 Å². The summed E-state index contributed by atoms with van der Waals surface area (Å²) in [4.78, 5) is 22.1. The Hall–Kier alpha value is -1.56. The minimum Gasteiger partial charge on any atom is -0.366 e. The summed E-state index contributed by atoms with van der Waals surface area (Å²) in [5, 5.41) is 2.53. The lowest BCUT2D eigenvalue weighted by Gasteiger charge is -2.05. The van der Waals surface area contributed by atoms with E-state index in [1.807, 2.05) is 0 Å². The summed E-state index contributed by atoms with van der Waals surface area (Å²) in [7, 11) is 0. The molecule has 0 saturated carbocycles. The SMILES string of the molecule is CSCC(=O)Nc1ccc(F)c(C(N)=O)c1. The molecule has 0 unspecified atom stereocenters. The van der Waals surface area contributed by atoms with Gasteiger partial charge in [0.15, 0.2) is 0 Å². The largest absolute Gasteiger partial charge is 0.366 e. The molecule has 2 amide bonds. The zero-order valence-corrected chi connectivity index (χ0v) is 9.44. The zero-order chi connectivity index (χ0) is 12.1. The van der Waals surface area contributed by atoms with Gasteiger partial charge < -0.3 is 11.1 Å². The highest BCUT2D eigenvalue weighted by atomic mass is 32.2. The predicted molar refractivity (Wildman–Crippen MR) is 61.9 cm³/mol. The van der Waals surface area contributed by atoms with Crippen LogP contribution in [0, 0.1) is 5.82 Å². The van der Waals surface area contributed by atoms with E-state index in [1.54, 1.807) is 6.26 Å². The van der Waals surface area contributed by atoms with Gasteiger partial charge >= 0.3 is 0 Å². The zero-order valence-electron chi connectivity index (χ0n) is 8.62. The van der Waals surface area contributed by atoms with Crippen molar-refractivity contribution in [1.82, 2.24) is 0 Å². The molecule has 0 atom stereocenters. The Bertz CT molecular complexity index is 423. The summed E-state index contributed by atoms with van der Waals surface area (Å²) in [5.41, 5.74) is 5.10. The molecule has 86 valence electrons. The molecule has 16 heavy (non-hydrogen) atoms. The first-order chi connectivity index (χ1) is 7.54. The second-order valence-electron chi connectivity index (χ2n) is 3.04. The monoisotopic (exact) mass is 242 g/mol. The maximum Gasteiger partial charge on any atom is 0.251 e. The Balaban J connectivity index is 2.87. The lowest BCUT2D eigenvalue weighted by atomic mass is 10.2. The van der Waals surface area contributed by atoms with Gasteiger partial charge in [-0.2, -0.15) is 11.8 Å². The lowest BCUT2D eigenvalue weighted by molar-refractivity contribution is -0.113. The Kier molecular flexibility index (Phi) is 4.30. The smallest absolute Gasteiger partial charge is 0.251 e. The molecule has 0 fully saturated rings. The predicted octanol–water partition coefficient (Wildman–Crippen LogP) is 1.23. The first kappa shape index (κ1) is 12.5. The van der Waals surface area contributed by atoms with Crippen LogP contribution in [0.2, 0.25) is 0 Å². The number of carbonyl (C=O) groups excluding carboxylic acids is 2. The van der Waals surface area contributed by atoms with Crippen LogP contribution in [-0.2, 0) is 4.79 Å². The molecular formula is C10H11FN2O2S. The number of carbonyl (C=O) groups is 2. The highest BCUT2D eigenvalue weighted by Gasteiger charge is 2.10. The van der Waals surface area contributed by atoms with Gasteiger partial charge in [0, 0.05) is 5.69 Å². The van der Waals surface area contributed by atoms with Crippen molar-refractivity contribution in [2.24, 2.45) is 5.73 Å². The van der Waals surface area contributed by atoms with E-state index in [-0.39, 0.29) is 11.5 Å². The number of anilines is 1.